The number of amides is 2. The van der Waals surface area contributed by atoms with E-state index in [1.807, 2.05) is 13.8 Å². The lowest BCUT2D eigenvalue weighted by Gasteiger charge is -2.21. The van der Waals surface area contributed by atoms with Crippen LogP contribution < -0.4 is 20.1 Å². The van der Waals surface area contributed by atoms with Crippen molar-refractivity contribution < 1.29 is 27.8 Å². The highest BCUT2D eigenvalue weighted by Gasteiger charge is 2.25. The van der Waals surface area contributed by atoms with Crippen molar-refractivity contribution in [3.8, 4) is 11.5 Å². The molecule has 0 spiro atoms. The summed E-state index contributed by atoms with van der Waals surface area (Å²) < 4.78 is 34.2. The number of ether oxygens (including phenoxy) is 2. The molecule has 0 bridgehead atoms. The summed E-state index contributed by atoms with van der Waals surface area (Å²) >= 11 is 1.29. The van der Waals surface area contributed by atoms with Crippen LogP contribution in [0.2, 0.25) is 0 Å². The highest BCUT2D eigenvalue weighted by atomic mass is 32.1. The zero-order valence-electron chi connectivity index (χ0n) is 15.7. The summed E-state index contributed by atoms with van der Waals surface area (Å²) in [7, 11) is 1.34. The molecular weight excluding hydrogens is 390 g/mol. The smallest absolute Gasteiger partial charge is 0.387 e. The predicted molar refractivity (Wildman–Crippen MR) is 102 cm³/mol. The Bertz CT molecular complexity index is 797. The van der Waals surface area contributed by atoms with Crippen molar-refractivity contribution in [2.24, 2.45) is 5.92 Å². The van der Waals surface area contributed by atoms with Crippen LogP contribution in [0.15, 0.2) is 35.7 Å². The van der Waals surface area contributed by atoms with Gasteiger partial charge in [-0.3, -0.25) is 9.59 Å². The van der Waals surface area contributed by atoms with E-state index in [0.29, 0.717) is 10.4 Å². The van der Waals surface area contributed by atoms with Crippen molar-refractivity contribution in [2.75, 3.05) is 7.11 Å². The van der Waals surface area contributed by atoms with Crippen molar-refractivity contribution >= 4 is 23.2 Å². The number of thiophene rings is 1. The van der Waals surface area contributed by atoms with Crippen LogP contribution in [0, 0.1) is 5.92 Å². The number of hydrogen-bond acceptors (Lipinski definition) is 5. The fourth-order valence-electron chi connectivity index (χ4n) is 2.47. The van der Waals surface area contributed by atoms with Crippen molar-refractivity contribution in [3.05, 3.63) is 46.2 Å². The normalized spacial score (nSPS) is 12.0. The molecule has 6 nitrogen and oxygen atoms in total. The molecule has 2 N–H and O–H groups in total. The summed E-state index contributed by atoms with van der Waals surface area (Å²) in [6, 6.07) is 7.15. The lowest BCUT2D eigenvalue weighted by molar-refractivity contribution is -0.124. The quantitative estimate of drug-likeness (QED) is 0.662. The van der Waals surface area contributed by atoms with Gasteiger partial charge in [-0.2, -0.15) is 8.78 Å². The van der Waals surface area contributed by atoms with E-state index < -0.39 is 12.7 Å². The summed E-state index contributed by atoms with van der Waals surface area (Å²) in [5, 5.41) is 7.27. The number of halogens is 2. The van der Waals surface area contributed by atoms with Gasteiger partial charge in [0.25, 0.3) is 5.91 Å². The summed E-state index contributed by atoms with van der Waals surface area (Å²) in [6.07, 6.45) is 0. The molecule has 152 valence electrons. The molecule has 0 saturated carbocycles. The topological polar surface area (TPSA) is 76.7 Å². The summed E-state index contributed by atoms with van der Waals surface area (Å²) in [5.41, 5.74) is 0.638. The van der Waals surface area contributed by atoms with Crippen molar-refractivity contribution in [3.63, 3.8) is 0 Å². The highest BCUT2D eigenvalue weighted by molar-refractivity contribution is 7.12. The molecule has 9 heteroatoms. The number of carbonyl (C=O) groups is 2. The van der Waals surface area contributed by atoms with Gasteiger partial charge >= 0.3 is 6.61 Å². The largest absolute Gasteiger partial charge is 0.493 e. The van der Waals surface area contributed by atoms with Gasteiger partial charge in [-0.25, -0.2) is 0 Å². The molecule has 0 aliphatic rings. The number of carbonyl (C=O) groups excluding carboxylic acids is 2. The average molecular weight is 412 g/mol. The Labute approximate surface area is 165 Å². The molecule has 2 amide bonds. The minimum atomic E-state index is -2.96. The standard InChI is InChI=1S/C19H22F2N2O4S/c1-11(2)16(23-17(24)15-5-4-8-28-15)18(25)22-10-12-6-7-13(27-19(20)21)14(9-12)26-3/h4-9,11,16,19H,10H2,1-3H3,(H,22,25)(H,23,24). The zero-order chi connectivity index (χ0) is 20.7. The maximum Gasteiger partial charge on any atom is 0.387 e. The second-order valence-corrected chi connectivity index (χ2v) is 7.20. The molecule has 0 fully saturated rings. The van der Waals surface area contributed by atoms with Crippen LogP contribution in [0.5, 0.6) is 11.5 Å². The number of nitrogens with one attached hydrogen (secondary N) is 2. The third-order valence-electron chi connectivity index (χ3n) is 3.89. The van der Waals surface area contributed by atoms with Gasteiger partial charge in [0.2, 0.25) is 5.91 Å². The molecule has 1 heterocycles. The SMILES string of the molecule is COc1cc(CNC(=O)C(NC(=O)c2cccs2)C(C)C)ccc1OC(F)F. The molecule has 28 heavy (non-hydrogen) atoms. The molecule has 0 saturated heterocycles. The molecular formula is C19H22F2N2O4S. The van der Waals surface area contributed by atoms with Gasteiger partial charge in [-0.15, -0.1) is 11.3 Å². The molecule has 2 aromatic rings. The van der Waals surface area contributed by atoms with E-state index in [4.69, 9.17) is 4.74 Å². The molecule has 0 aliphatic carbocycles. The lowest BCUT2D eigenvalue weighted by Crippen LogP contribution is -2.49. The molecule has 1 unspecified atom stereocenters. The third-order valence-corrected chi connectivity index (χ3v) is 4.76. The van der Waals surface area contributed by atoms with Crippen LogP contribution >= 0.6 is 11.3 Å². The Morgan fingerprint density at radius 1 is 1.18 bits per heavy atom. The van der Waals surface area contributed by atoms with E-state index in [2.05, 4.69) is 15.4 Å². The first-order valence-electron chi connectivity index (χ1n) is 8.55. The molecule has 2 rings (SSSR count). The van der Waals surface area contributed by atoms with E-state index in [0.717, 1.165) is 0 Å². The highest BCUT2D eigenvalue weighted by Crippen LogP contribution is 2.29. The van der Waals surface area contributed by atoms with Crippen molar-refractivity contribution in [2.45, 2.75) is 33.0 Å². The average Bonchev–Trinajstić information content (AvgIpc) is 3.19. The van der Waals surface area contributed by atoms with Gasteiger partial charge in [0.15, 0.2) is 11.5 Å². The summed E-state index contributed by atoms with van der Waals surface area (Å²) in [5.74, 6) is -0.722. The number of benzene rings is 1. The maximum atomic E-state index is 12.6. The Kier molecular flexibility index (Phi) is 7.74. The van der Waals surface area contributed by atoms with Crippen molar-refractivity contribution in [1.82, 2.24) is 10.6 Å². The van der Waals surface area contributed by atoms with E-state index in [9.17, 15) is 18.4 Å². The first kappa shape index (κ1) is 21.6. The van der Waals surface area contributed by atoms with E-state index in [1.54, 1.807) is 23.6 Å². The van der Waals surface area contributed by atoms with Crippen LogP contribution in [0.25, 0.3) is 0 Å². The minimum absolute atomic E-state index is 0.0872. The second kappa shape index (κ2) is 10.0. The van der Waals surface area contributed by atoms with Crippen LogP contribution in [-0.2, 0) is 11.3 Å². The summed E-state index contributed by atoms with van der Waals surface area (Å²) in [4.78, 5) is 25.3. The van der Waals surface area contributed by atoms with Gasteiger partial charge in [-0.1, -0.05) is 26.0 Å². The van der Waals surface area contributed by atoms with Gasteiger partial charge in [0.05, 0.1) is 12.0 Å². The Hall–Kier alpha value is -2.68. The van der Waals surface area contributed by atoms with Crippen LogP contribution in [0.4, 0.5) is 8.78 Å². The van der Waals surface area contributed by atoms with Crippen molar-refractivity contribution in [1.29, 1.82) is 0 Å². The van der Waals surface area contributed by atoms with E-state index >= 15 is 0 Å². The van der Waals surface area contributed by atoms with Gasteiger partial charge < -0.3 is 20.1 Å². The number of hydrogen-bond donors (Lipinski definition) is 2. The number of alkyl halides is 2. The van der Waals surface area contributed by atoms with E-state index in [-0.39, 0.29) is 35.8 Å². The van der Waals surface area contributed by atoms with Gasteiger partial charge in [0.1, 0.15) is 6.04 Å². The lowest BCUT2D eigenvalue weighted by atomic mass is 10.0. The zero-order valence-corrected chi connectivity index (χ0v) is 16.5. The molecule has 1 aromatic carbocycles. The monoisotopic (exact) mass is 412 g/mol. The predicted octanol–water partition coefficient (Wildman–Crippen LogP) is 3.43. The minimum Gasteiger partial charge on any atom is -0.493 e. The summed E-state index contributed by atoms with van der Waals surface area (Å²) in [6.45, 7) is 0.845. The number of methoxy groups -OCH3 is 1. The molecule has 0 aliphatic heterocycles. The van der Waals surface area contributed by atoms with Crippen LogP contribution in [-0.4, -0.2) is 31.6 Å². The molecule has 1 aromatic heterocycles. The molecule has 1 atom stereocenters. The third kappa shape index (κ3) is 5.91. The van der Waals surface area contributed by atoms with Crippen LogP contribution in [0.1, 0.15) is 29.1 Å². The molecule has 0 radical (unpaired) electrons. The fourth-order valence-corrected chi connectivity index (χ4v) is 3.10. The Morgan fingerprint density at radius 3 is 2.50 bits per heavy atom. The van der Waals surface area contributed by atoms with Gasteiger partial charge in [-0.05, 0) is 35.1 Å². The first-order chi connectivity index (χ1) is 13.3. The van der Waals surface area contributed by atoms with Crippen LogP contribution in [0.3, 0.4) is 0 Å². The number of rotatable bonds is 9. The Morgan fingerprint density at radius 2 is 1.93 bits per heavy atom. The Balaban J connectivity index is 2.01. The fraction of sp³-hybridized carbons (Fsp3) is 0.368. The van der Waals surface area contributed by atoms with Gasteiger partial charge in [0, 0.05) is 6.54 Å². The van der Waals surface area contributed by atoms with E-state index in [1.165, 1.54) is 30.6 Å². The first-order valence-corrected chi connectivity index (χ1v) is 9.43. The maximum absolute atomic E-state index is 12.6. The second-order valence-electron chi connectivity index (χ2n) is 6.25.